The van der Waals surface area contributed by atoms with E-state index in [-0.39, 0.29) is 0 Å². The smallest absolute Gasteiger partial charge is 0.145 e. The molecule has 0 aromatic carbocycles. The minimum atomic E-state index is -1.24. The van der Waals surface area contributed by atoms with Gasteiger partial charge < -0.3 is 9.47 Å². The first-order chi connectivity index (χ1) is 5.31. The highest BCUT2D eigenvalue weighted by Crippen LogP contribution is 2.35. The number of ether oxygens (including phenoxy) is 2. The summed E-state index contributed by atoms with van der Waals surface area (Å²) in [5.74, 6) is 0. The molecule has 0 aromatic heterocycles. The molecular formula is C9H22O2Si. The molecule has 0 heterocycles. The molecule has 0 N–H and O–H groups in total. The van der Waals surface area contributed by atoms with Crippen molar-refractivity contribution < 1.29 is 9.47 Å². The third-order valence-corrected chi connectivity index (χ3v) is 7.68. The van der Waals surface area contributed by atoms with E-state index in [2.05, 4.69) is 33.9 Å². The van der Waals surface area contributed by atoms with Crippen molar-refractivity contribution in [2.75, 3.05) is 20.1 Å². The van der Waals surface area contributed by atoms with E-state index in [1.807, 2.05) is 0 Å². The first-order valence-corrected chi connectivity index (χ1v) is 7.58. The molecular weight excluding hydrogens is 168 g/mol. The lowest BCUT2D eigenvalue weighted by atomic mass is 10.2. The van der Waals surface area contributed by atoms with Crippen LogP contribution >= 0.6 is 0 Å². The molecule has 0 saturated heterocycles. The van der Waals surface area contributed by atoms with Crippen molar-refractivity contribution in [1.82, 2.24) is 0 Å². The van der Waals surface area contributed by atoms with Crippen molar-refractivity contribution in [3.8, 4) is 0 Å². The van der Waals surface area contributed by atoms with Crippen LogP contribution in [-0.2, 0) is 9.47 Å². The Morgan fingerprint density at radius 1 is 1.17 bits per heavy atom. The maximum Gasteiger partial charge on any atom is 0.145 e. The normalized spacial score (nSPS) is 13.5. The van der Waals surface area contributed by atoms with Crippen LogP contribution in [0.25, 0.3) is 0 Å². The lowest BCUT2D eigenvalue weighted by molar-refractivity contribution is -0.0146. The first-order valence-electron chi connectivity index (χ1n) is 4.38. The van der Waals surface area contributed by atoms with Gasteiger partial charge in [-0.15, -0.1) is 0 Å². The van der Waals surface area contributed by atoms with Crippen LogP contribution in [0.5, 0.6) is 0 Å². The van der Waals surface area contributed by atoms with Crippen molar-refractivity contribution in [3.63, 3.8) is 0 Å². The standard InChI is InChI=1S/C9H22O2Si/c1-9(2,3)12(5,6)8-11-7-10-4/h7-8H2,1-6H3. The maximum atomic E-state index is 5.41. The molecule has 0 rings (SSSR count). The summed E-state index contributed by atoms with van der Waals surface area (Å²) in [7, 11) is 0.414. The minimum Gasteiger partial charge on any atom is -0.359 e. The average Bonchev–Trinajstić information content (AvgIpc) is 1.85. The molecule has 0 saturated carbocycles. The van der Waals surface area contributed by atoms with Crippen LogP contribution in [-0.4, -0.2) is 28.2 Å². The summed E-state index contributed by atoms with van der Waals surface area (Å²) in [6, 6.07) is 0. The van der Waals surface area contributed by atoms with E-state index in [9.17, 15) is 0 Å². The van der Waals surface area contributed by atoms with Gasteiger partial charge in [0, 0.05) is 13.3 Å². The van der Waals surface area contributed by atoms with Gasteiger partial charge in [0.05, 0.1) is 8.07 Å². The molecule has 0 unspecified atom stereocenters. The quantitative estimate of drug-likeness (QED) is 0.385. The van der Waals surface area contributed by atoms with Crippen molar-refractivity contribution in [2.45, 2.75) is 38.9 Å². The molecule has 74 valence electrons. The van der Waals surface area contributed by atoms with Gasteiger partial charge in [-0.3, -0.25) is 0 Å². The van der Waals surface area contributed by atoms with Gasteiger partial charge in [0.1, 0.15) is 6.79 Å². The summed E-state index contributed by atoms with van der Waals surface area (Å²) in [6.45, 7) is 12.0. The Kier molecular flexibility index (Phi) is 4.44. The van der Waals surface area contributed by atoms with Crippen LogP contribution in [0.1, 0.15) is 20.8 Å². The molecule has 0 spiro atoms. The van der Waals surface area contributed by atoms with Gasteiger partial charge in [-0.1, -0.05) is 33.9 Å². The lowest BCUT2D eigenvalue weighted by Gasteiger charge is -2.36. The molecule has 0 bridgehead atoms. The van der Waals surface area contributed by atoms with Gasteiger partial charge in [0.15, 0.2) is 0 Å². The van der Waals surface area contributed by atoms with E-state index in [1.165, 1.54) is 0 Å². The third kappa shape index (κ3) is 3.69. The third-order valence-electron chi connectivity index (χ3n) is 2.69. The molecule has 0 amide bonds. The summed E-state index contributed by atoms with van der Waals surface area (Å²) in [6.07, 6.45) is 0.879. The molecule has 12 heavy (non-hydrogen) atoms. The van der Waals surface area contributed by atoms with E-state index >= 15 is 0 Å². The summed E-state index contributed by atoms with van der Waals surface area (Å²) >= 11 is 0. The van der Waals surface area contributed by atoms with Crippen LogP contribution in [0, 0.1) is 0 Å². The monoisotopic (exact) mass is 190 g/mol. The summed E-state index contributed by atoms with van der Waals surface area (Å²) in [4.78, 5) is 0. The molecule has 0 aliphatic heterocycles. The van der Waals surface area contributed by atoms with Crippen LogP contribution in [0.3, 0.4) is 0 Å². The topological polar surface area (TPSA) is 18.5 Å². The van der Waals surface area contributed by atoms with E-state index in [4.69, 9.17) is 9.47 Å². The second-order valence-corrected chi connectivity index (χ2v) is 10.4. The fraction of sp³-hybridized carbons (Fsp3) is 1.00. The highest BCUT2D eigenvalue weighted by atomic mass is 28.3. The van der Waals surface area contributed by atoms with Gasteiger partial charge in [0.25, 0.3) is 0 Å². The van der Waals surface area contributed by atoms with Gasteiger partial charge in [0.2, 0.25) is 0 Å². The Morgan fingerprint density at radius 2 is 1.67 bits per heavy atom. The molecule has 2 nitrogen and oxygen atoms in total. The Hall–Kier alpha value is 0.137. The predicted octanol–water partition coefficient (Wildman–Crippen LogP) is 2.65. The number of hydrogen-bond acceptors (Lipinski definition) is 2. The van der Waals surface area contributed by atoms with Crippen LogP contribution < -0.4 is 0 Å². The Balaban J connectivity index is 3.88. The zero-order valence-corrected chi connectivity index (χ0v) is 10.2. The zero-order chi connectivity index (χ0) is 9.83. The van der Waals surface area contributed by atoms with E-state index < -0.39 is 8.07 Å². The fourth-order valence-corrected chi connectivity index (χ4v) is 1.62. The van der Waals surface area contributed by atoms with Gasteiger partial charge in [-0.05, 0) is 5.04 Å². The Morgan fingerprint density at radius 3 is 2.00 bits per heavy atom. The van der Waals surface area contributed by atoms with Crippen molar-refractivity contribution in [2.24, 2.45) is 0 Å². The lowest BCUT2D eigenvalue weighted by Crippen LogP contribution is -2.42. The fourth-order valence-electron chi connectivity index (χ4n) is 0.597. The van der Waals surface area contributed by atoms with Crippen LogP contribution in [0.4, 0.5) is 0 Å². The second kappa shape index (κ2) is 4.39. The van der Waals surface area contributed by atoms with Crippen LogP contribution in [0.15, 0.2) is 0 Å². The highest BCUT2D eigenvalue weighted by molar-refractivity contribution is 6.80. The van der Waals surface area contributed by atoms with E-state index in [0.29, 0.717) is 11.8 Å². The molecule has 0 fully saturated rings. The van der Waals surface area contributed by atoms with Gasteiger partial charge in [-0.2, -0.15) is 0 Å². The number of hydrogen-bond donors (Lipinski definition) is 0. The van der Waals surface area contributed by atoms with Crippen LogP contribution in [0.2, 0.25) is 18.1 Å². The van der Waals surface area contributed by atoms with Crippen molar-refractivity contribution in [1.29, 1.82) is 0 Å². The molecule has 0 aliphatic rings. The van der Waals surface area contributed by atoms with E-state index in [1.54, 1.807) is 7.11 Å². The van der Waals surface area contributed by atoms with Crippen molar-refractivity contribution in [3.05, 3.63) is 0 Å². The summed E-state index contributed by atoms with van der Waals surface area (Å²) in [5, 5.41) is 0.404. The molecule has 0 atom stereocenters. The molecule has 0 aromatic rings. The van der Waals surface area contributed by atoms with Gasteiger partial charge >= 0.3 is 0 Å². The predicted molar refractivity (Wildman–Crippen MR) is 55.0 cm³/mol. The SMILES string of the molecule is COCOC[Si](C)(C)C(C)(C)C. The first kappa shape index (κ1) is 12.1. The Bertz CT molecular complexity index is 127. The second-order valence-electron chi connectivity index (χ2n) is 4.89. The molecule has 0 aliphatic carbocycles. The number of rotatable bonds is 4. The van der Waals surface area contributed by atoms with Crippen molar-refractivity contribution >= 4 is 8.07 Å². The highest BCUT2D eigenvalue weighted by Gasteiger charge is 2.35. The van der Waals surface area contributed by atoms with Gasteiger partial charge in [-0.25, -0.2) is 0 Å². The maximum absolute atomic E-state index is 5.41. The Labute approximate surface area is 77.3 Å². The number of methoxy groups -OCH3 is 1. The minimum absolute atomic E-state index is 0.404. The molecule has 0 radical (unpaired) electrons. The zero-order valence-electron chi connectivity index (χ0n) is 9.23. The molecule has 3 heteroatoms. The largest absolute Gasteiger partial charge is 0.359 e. The summed E-state index contributed by atoms with van der Waals surface area (Å²) < 4.78 is 10.3. The summed E-state index contributed by atoms with van der Waals surface area (Å²) in [5.41, 5.74) is 0. The van der Waals surface area contributed by atoms with E-state index in [0.717, 1.165) is 6.23 Å². The average molecular weight is 190 g/mol.